The maximum atomic E-state index is 12.5. The molecule has 0 bridgehead atoms. The number of hydrogen-bond donors (Lipinski definition) is 2. The summed E-state index contributed by atoms with van der Waals surface area (Å²) in [4.78, 5) is 14.6. The van der Waals surface area contributed by atoms with E-state index < -0.39 is 0 Å². The molecule has 0 radical (unpaired) electrons. The molecule has 1 saturated heterocycles. The molecule has 1 aliphatic heterocycles. The second-order valence-electron chi connectivity index (χ2n) is 7.52. The average molecular weight is 330 g/mol. The first-order valence-electron chi connectivity index (χ1n) is 9.44. The second kappa shape index (κ2) is 8.02. The van der Waals surface area contributed by atoms with Crippen molar-refractivity contribution >= 4 is 5.91 Å². The zero-order valence-electron chi connectivity index (χ0n) is 14.7. The number of benzene rings is 1. The Morgan fingerprint density at radius 2 is 1.96 bits per heavy atom. The number of aromatic hydroxyl groups is 1. The summed E-state index contributed by atoms with van der Waals surface area (Å²) in [5.41, 5.74) is 1.26. The van der Waals surface area contributed by atoms with E-state index in [1.54, 1.807) is 12.1 Å². The quantitative estimate of drug-likeness (QED) is 0.843. The van der Waals surface area contributed by atoms with Crippen molar-refractivity contribution in [2.45, 2.75) is 64.0 Å². The molecule has 1 saturated carbocycles. The highest BCUT2D eigenvalue weighted by atomic mass is 16.3. The van der Waals surface area contributed by atoms with Crippen LogP contribution in [0, 0.1) is 5.92 Å². The van der Waals surface area contributed by atoms with E-state index in [2.05, 4.69) is 17.1 Å². The van der Waals surface area contributed by atoms with Gasteiger partial charge in [0.25, 0.3) is 0 Å². The third kappa shape index (κ3) is 4.50. The van der Waals surface area contributed by atoms with Crippen LogP contribution in [0.3, 0.4) is 0 Å². The number of nitrogens with one attached hydrogen (secondary N) is 1. The number of aryl methyl sites for hydroxylation is 1. The molecule has 0 spiro atoms. The topological polar surface area (TPSA) is 52.6 Å². The Bertz CT molecular complexity index is 537. The second-order valence-corrected chi connectivity index (χ2v) is 7.52. The molecule has 1 aromatic rings. The lowest BCUT2D eigenvalue weighted by atomic mass is 10.1. The van der Waals surface area contributed by atoms with Gasteiger partial charge in [0.2, 0.25) is 5.91 Å². The van der Waals surface area contributed by atoms with Gasteiger partial charge < -0.3 is 15.3 Å². The molecular weight excluding hydrogens is 300 g/mol. The molecule has 2 aliphatic rings. The molecule has 1 aromatic carbocycles. The highest BCUT2D eigenvalue weighted by molar-refractivity contribution is 5.79. The van der Waals surface area contributed by atoms with Crippen molar-refractivity contribution in [3.05, 3.63) is 29.8 Å². The Hall–Kier alpha value is -1.55. The number of hydrogen-bond acceptors (Lipinski definition) is 3. The van der Waals surface area contributed by atoms with Crippen LogP contribution in [-0.4, -0.2) is 41.1 Å². The van der Waals surface area contributed by atoms with Crippen molar-refractivity contribution in [3.63, 3.8) is 0 Å². The third-order valence-corrected chi connectivity index (χ3v) is 5.53. The molecule has 4 nitrogen and oxygen atoms in total. The van der Waals surface area contributed by atoms with Crippen LogP contribution in [-0.2, 0) is 11.2 Å². The smallest absolute Gasteiger partial charge is 0.225 e. The van der Waals surface area contributed by atoms with Gasteiger partial charge in [0.05, 0.1) is 0 Å². The minimum Gasteiger partial charge on any atom is -0.508 e. The van der Waals surface area contributed by atoms with Crippen molar-refractivity contribution in [1.82, 2.24) is 10.2 Å². The van der Waals surface area contributed by atoms with Crippen molar-refractivity contribution in [2.75, 3.05) is 13.1 Å². The molecule has 2 N–H and O–H groups in total. The van der Waals surface area contributed by atoms with Gasteiger partial charge in [-0.1, -0.05) is 25.0 Å². The number of nitrogens with zero attached hydrogens (tertiary/aromatic N) is 1. The van der Waals surface area contributed by atoms with Crippen molar-refractivity contribution in [1.29, 1.82) is 0 Å². The number of carbonyl (C=O) groups excluding carboxylic acids is 1. The Morgan fingerprint density at radius 1 is 1.25 bits per heavy atom. The number of phenols is 1. The molecule has 1 heterocycles. The summed E-state index contributed by atoms with van der Waals surface area (Å²) in [6.07, 6.45) is 7.78. The molecule has 24 heavy (non-hydrogen) atoms. The zero-order valence-corrected chi connectivity index (χ0v) is 14.7. The Balaban J connectivity index is 1.39. The van der Waals surface area contributed by atoms with Crippen LogP contribution < -0.4 is 5.32 Å². The van der Waals surface area contributed by atoms with E-state index in [1.165, 1.54) is 18.4 Å². The van der Waals surface area contributed by atoms with Gasteiger partial charge in [-0.15, -0.1) is 0 Å². The molecule has 3 rings (SSSR count). The van der Waals surface area contributed by atoms with Gasteiger partial charge in [0, 0.05) is 31.1 Å². The Labute approximate surface area is 145 Å². The Kier molecular flexibility index (Phi) is 5.77. The summed E-state index contributed by atoms with van der Waals surface area (Å²) >= 11 is 0. The summed E-state index contributed by atoms with van der Waals surface area (Å²) < 4.78 is 0. The number of rotatable bonds is 6. The molecule has 1 amide bonds. The van der Waals surface area contributed by atoms with E-state index in [0.29, 0.717) is 29.7 Å². The van der Waals surface area contributed by atoms with E-state index in [-0.39, 0.29) is 0 Å². The number of likely N-dealkylation sites (tertiary alicyclic amines) is 1. The van der Waals surface area contributed by atoms with Crippen LogP contribution in [0.15, 0.2) is 24.3 Å². The largest absolute Gasteiger partial charge is 0.508 e. The van der Waals surface area contributed by atoms with Gasteiger partial charge in [-0.3, -0.25) is 4.79 Å². The molecule has 4 heteroatoms. The minimum atomic E-state index is 0.302. The van der Waals surface area contributed by atoms with Gasteiger partial charge in [0.1, 0.15) is 5.75 Å². The summed E-state index contributed by atoms with van der Waals surface area (Å²) in [7, 11) is 0. The first-order chi connectivity index (χ1) is 11.6. The van der Waals surface area contributed by atoms with Gasteiger partial charge >= 0.3 is 0 Å². The van der Waals surface area contributed by atoms with Crippen molar-refractivity contribution < 1.29 is 9.90 Å². The van der Waals surface area contributed by atoms with E-state index in [4.69, 9.17) is 0 Å². The Morgan fingerprint density at radius 3 is 2.67 bits per heavy atom. The van der Waals surface area contributed by atoms with E-state index >= 15 is 0 Å². The zero-order chi connectivity index (χ0) is 16.9. The first-order valence-corrected chi connectivity index (χ1v) is 9.44. The predicted octanol–water partition coefficient (Wildman–Crippen LogP) is 3.09. The lowest BCUT2D eigenvalue weighted by molar-refractivity contribution is -0.134. The van der Waals surface area contributed by atoms with Gasteiger partial charge in [-0.25, -0.2) is 0 Å². The highest BCUT2D eigenvalue weighted by Crippen LogP contribution is 2.28. The SMILES string of the molecule is CC(CCc1ccc(O)cc1)NC1CCN(C(=O)C2CCCC2)C1. The van der Waals surface area contributed by atoms with E-state index in [1.807, 2.05) is 12.1 Å². The van der Waals surface area contributed by atoms with Gasteiger partial charge in [-0.2, -0.15) is 0 Å². The van der Waals surface area contributed by atoms with Crippen molar-refractivity contribution in [2.24, 2.45) is 5.92 Å². The normalized spacial score (nSPS) is 22.9. The van der Waals surface area contributed by atoms with Crippen LogP contribution in [0.4, 0.5) is 0 Å². The number of amides is 1. The number of phenolic OH excluding ortho intramolecular Hbond substituents is 1. The standard InChI is InChI=1S/C20H30N2O2/c1-15(6-7-16-8-10-19(23)11-9-16)21-18-12-13-22(14-18)20(24)17-4-2-3-5-17/h8-11,15,17-18,21,23H,2-7,12-14H2,1H3. The lowest BCUT2D eigenvalue weighted by Crippen LogP contribution is -2.41. The lowest BCUT2D eigenvalue weighted by Gasteiger charge is -2.22. The predicted molar refractivity (Wildman–Crippen MR) is 96.0 cm³/mol. The van der Waals surface area contributed by atoms with Crippen molar-refractivity contribution in [3.8, 4) is 5.75 Å². The molecule has 2 unspecified atom stereocenters. The monoisotopic (exact) mass is 330 g/mol. The summed E-state index contributed by atoms with van der Waals surface area (Å²) in [6.45, 7) is 4.01. The maximum Gasteiger partial charge on any atom is 0.225 e. The maximum absolute atomic E-state index is 12.5. The molecular formula is C20H30N2O2. The summed E-state index contributed by atoms with van der Waals surface area (Å²) in [5, 5.41) is 13.0. The van der Waals surface area contributed by atoms with E-state index in [9.17, 15) is 9.90 Å². The van der Waals surface area contributed by atoms with Crippen LogP contribution in [0.2, 0.25) is 0 Å². The fourth-order valence-corrected chi connectivity index (χ4v) is 4.06. The molecule has 132 valence electrons. The summed E-state index contributed by atoms with van der Waals surface area (Å²) in [6, 6.07) is 8.34. The fourth-order valence-electron chi connectivity index (χ4n) is 4.06. The van der Waals surface area contributed by atoms with Crippen LogP contribution in [0.5, 0.6) is 5.75 Å². The molecule has 2 fully saturated rings. The molecule has 2 atom stereocenters. The molecule has 1 aliphatic carbocycles. The fraction of sp³-hybridized carbons (Fsp3) is 0.650. The van der Waals surface area contributed by atoms with Crippen LogP contribution in [0.1, 0.15) is 51.0 Å². The van der Waals surface area contributed by atoms with Crippen LogP contribution in [0.25, 0.3) is 0 Å². The van der Waals surface area contributed by atoms with Gasteiger partial charge in [-0.05, 0) is 56.7 Å². The molecule has 0 aromatic heterocycles. The summed E-state index contributed by atoms with van der Waals surface area (Å²) in [5.74, 6) is 1.02. The van der Waals surface area contributed by atoms with E-state index in [0.717, 1.165) is 45.2 Å². The highest BCUT2D eigenvalue weighted by Gasteiger charge is 2.32. The number of carbonyl (C=O) groups is 1. The van der Waals surface area contributed by atoms with Gasteiger partial charge in [0.15, 0.2) is 0 Å². The van der Waals surface area contributed by atoms with Crippen LogP contribution >= 0.6 is 0 Å². The third-order valence-electron chi connectivity index (χ3n) is 5.53. The first kappa shape index (κ1) is 17.3. The minimum absolute atomic E-state index is 0.302. The average Bonchev–Trinajstić information content (AvgIpc) is 3.25.